The summed E-state index contributed by atoms with van der Waals surface area (Å²) in [5.74, 6) is 0.266. The Morgan fingerprint density at radius 1 is 1.15 bits per heavy atom. The summed E-state index contributed by atoms with van der Waals surface area (Å²) >= 11 is 1.13. The zero-order valence-corrected chi connectivity index (χ0v) is 19.0. The number of carbonyl (C=O) groups is 1. The second-order valence-electron chi connectivity index (χ2n) is 7.25. The van der Waals surface area contributed by atoms with E-state index in [0.29, 0.717) is 53.5 Å². The van der Waals surface area contributed by atoms with E-state index < -0.39 is 5.91 Å². The number of thiazole rings is 1. The lowest BCUT2D eigenvalue weighted by molar-refractivity contribution is -0.128. The standard InChI is InChI=1S/C25H23N3O4S/c1-2-32-21-11-7-6-8-18(21)16-22-24(30)28(19-9-4-3-5-10-19)25(33-22)20(17-26)23(29)27-12-14-31-15-13-27/h3-11,16H,2,12-15H2,1H3. The molecule has 1 amide bonds. The van der Waals surface area contributed by atoms with Crippen molar-refractivity contribution in [2.75, 3.05) is 32.9 Å². The van der Waals surface area contributed by atoms with E-state index in [1.54, 1.807) is 23.1 Å². The summed E-state index contributed by atoms with van der Waals surface area (Å²) in [4.78, 5) is 28.3. The molecule has 0 spiro atoms. The SMILES string of the molecule is CCOc1ccccc1C=c1sc(=C(C#N)C(=O)N2CCOCC2)n(-c2ccccc2)c1=O. The smallest absolute Gasteiger partial charge is 0.273 e. The second-order valence-corrected chi connectivity index (χ2v) is 8.28. The highest BCUT2D eigenvalue weighted by Crippen LogP contribution is 2.18. The number of benzene rings is 2. The Morgan fingerprint density at radius 3 is 2.55 bits per heavy atom. The molecule has 33 heavy (non-hydrogen) atoms. The molecule has 2 heterocycles. The van der Waals surface area contributed by atoms with Crippen LogP contribution in [0.5, 0.6) is 5.75 Å². The molecule has 0 bridgehead atoms. The Labute approximate surface area is 195 Å². The molecule has 7 nitrogen and oxygen atoms in total. The van der Waals surface area contributed by atoms with E-state index in [-0.39, 0.29) is 11.1 Å². The summed E-state index contributed by atoms with van der Waals surface area (Å²) in [6, 6.07) is 18.5. The third kappa shape index (κ3) is 4.75. The van der Waals surface area contributed by atoms with Gasteiger partial charge in [-0.05, 0) is 31.2 Å². The Bertz CT molecular complexity index is 1360. The maximum Gasteiger partial charge on any atom is 0.273 e. The van der Waals surface area contributed by atoms with E-state index in [1.807, 2.05) is 49.4 Å². The number of carbonyl (C=O) groups excluding carboxylic acids is 1. The number of ether oxygens (including phenoxy) is 2. The number of morpholine rings is 1. The predicted octanol–water partition coefficient (Wildman–Crippen LogP) is 1.66. The number of hydrogen-bond donors (Lipinski definition) is 0. The van der Waals surface area contributed by atoms with Gasteiger partial charge in [0.2, 0.25) is 0 Å². The normalized spacial score (nSPS) is 15.2. The van der Waals surface area contributed by atoms with Crippen molar-refractivity contribution >= 4 is 28.9 Å². The van der Waals surface area contributed by atoms with Gasteiger partial charge in [0.25, 0.3) is 11.5 Å². The molecule has 0 atom stereocenters. The molecule has 0 saturated carbocycles. The highest BCUT2D eigenvalue weighted by molar-refractivity contribution is 7.07. The van der Waals surface area contributed by atoms with Gasteiger partial charge in [-0.25, -0.2) is 0 Å². The molecule has 0 aliphatic carbocycles. The zero-order chi connectivity index (χ0) is 23.2. The van der Waals surface area contributed by atoms with E-state index >= 15 is 0 Å². The maximum absolute atomic E-state index is 13.5. The Morgan fingerprint density at radius 2 is 1.85 bits per heavy atom. The third-order valence-electron chi connectivity index (χ3n) is 5.18. The molecule has 1 aliphatic rings. The van der Waals surface area contributed by atoms with Gasteiger partial charge >= 0.3 is 0 Å². The number of nitriles is 1. The van der Waals surface area contributed by atoms with Crippen LogP contribution in [-0.2, 0) is 9.53 Å². The second kappa shape index (κ2) is 10.3. The van der Waals surface area contributed by atoms with Crippen LogP contribution in [-0.4, -0.2) is 48.3 Å². The highest BCUT2D eigenvalue weighted by Gasteiger charge is 2.24. The quantitative estimate of drug-likeness (QED) is 0.577. The molecule has 1 fully saturated rings. The van der Waals surface area contributed by atoms with Crippen LogP contribution in [0.2, 0.25) is 0 Å². The average Bonchev–Trinajstić information content (AvgIpc) is 3.17. The minimum atomic E-state index is -0.395. The molecule has 1 aliphatic heterocycles. The van der Waals surface area contributed by atoms with Gasteiger partial charge in [-0.1, -0.05) is 36.4 Å². The Hall–Kier alpha value is -3.67. The van der Waals surface area contributed by atoms with Gasteiger partial charge in [-0.15, -0.1) is 11.3 Å². The van der Waals surface area contributed by atoms with Gasteiger partial charge in [0.15, 0.2) is 5.57 Å². The van der Waals surface area contributed by atoms with E-state index in [4.69, 9.17) is 9.47 Å². The monoisotopic (exact) mass is 461 g/mol. The van der Waals surface area contributed by atoms with E-state index in [1.165, 1.54) is 4.57 Å². The first kappa shape index (κ1) is 22.5. The molecule has 3 aromatic rings. The predicted molar refractivity (Wildman–Crippen MR) is 127 cm³/mol. The number of hydrogen-bond acceptors (Lipinski definition) is 6. The number of amides is 1. The fourth-order valence-corrected chi connectivity index (χ4v) is 4.69. The minimum Gasteiger partial charge on any atom is -0.493 e. The van der Waals surface area contributed by atoms with E-state index in [0.717, 1.165) is 16.9 Å². The zero-order valence-electron chi connectivity index (χ0n) is 18.2. The molecular weight excluding hydrogens is 438 g/mol. The van der Waals surface area contributed by atoms with Crippen LogP contribution in [0.4, 0.5) is 0 Å². The summed E-state index contributed by atoms with van der Waals surface area (Å²) in [5.41, 5.74) is 0.993. The summed E-state index contributed by atoms with van der Waals surface area (Å²) in [6.07, 6.45) is 1.75. The first-order chi connectivity index (χ1) is 16.1. The lowest BCUT2D eigenvalue weighted by atomic mass is 10.2. The van der Waals surface area contributed by atoms with Crippen LogP contribution < -0.4 is 19.5 Å². The number of para-hydroxylation sites is 2. The number of rotatable bonds is 5. The van der Waals surface area contributed by atoms with Crippen LogP contribution in [0.3, 0.4) is 0 Å². The van der Waals surface area contributed by atoms with Crippen molar-refractivity contribution in [2.45, 2.75) is 6.92 Å². The molecule has 2 aromatic carbocycles. The lowest BCUT2D eigenvalue weighted by Crippen LogP contribution is -2.42. The van der Waals surface area contributed by atoms with Gasteiger partial charge in [0.05, 0.1) is 30.0 Å². The third-order valence-corrected chi connectivity index (χ3v) is 6.27. The van der Waals surface area contributed by atoms with Crippen molar-refractivity contribution in [3.05, 3.63) is 79.7 Å². The van der Waals surface area contributed by atoms with Crippen molar-refractivity contribution in [1.29, 1.82) is 5.26 Å². The topological polar surface area (TPSA) is 84.6 Å². The number of nitrogens with zero attached hydrogens (tertiary/aromatic N) is 3. The van der Waals surface area contributed by atoms with Crippen molar-refractivity contribution in [1.82, 2.24) is 9.47 Å². The summed E-state index contributed by atoms with van der Waals surface area (Å²) < 4.78 is 13.2. The average molecular weight is 462 g/mol. The molecule has 1 saturated heterocycles. The van der Waals surface area contributed by atoms with Crippen molar-refractivity contribution in [3.63, 3.8) is 0 Å². The van der Waals surface area contributed by atoms with E-state index in [9.17, 15) is 14.9 Å². The van der Waals surface area contributed by atoms with Crippen molar-refractivity contribution < 1.29 is 14.3 Å². The molecule has 168 valence electrons. The van der Waals surface area contributed by atoms with Crippen LogP contribution in [0, 0.1) is 11.3 Å². The number of aromatic nitrogens is 1. The summed E-state index contributed by atoms with van der Waals surface area (Å²) in [5, 5.41) is 9.95. The van der Waals surface area contributed by atoms with Crippen molar-refractivity contribution in [3.8, 4) is 17.5 Å². The molecule has 1 aromatic heterocycles. The molecule has 0 N–H and O–H groups in total. The van der Waals surface area contributed by atoms with Gasteiger partial charge in [0.1, 0.15) is 16.5 Å². The molecular formula is C25H23N3O4S. The van der Waals surface area contributed by atoms with Gasteiger partial charge in [-0.3, -0.25) is 14.2 Å². The van der Waals surface area contributed by atoms with Crippen molar-refractivity contribution in [2.24, 2.45) is 0 Å². The fourth-order valence-electron chi connectivity index (χ4n) is 3.60. The summed E-state index contributed by atoms with van der Waals surface area (Å²) in [7, 11) is 0. The molecule has 0 unspecified atom stereocenters. The van der Waals surface area contributed by atoms with Crippen LogP contribution in [0.1, 0.15) is 12.5 Å². The van der Waals surface area contributed by atoms with Crippen LogP contribution >= 0.6 is 11.3 Å². The minimum absolute atomic E-state index is 0.0550. The van der Waals surface area contributed by atoms with Crippen LogP contribution in [0.25, 0.3) is 17.3 Å². The summed E-state index contributed by atoms with van der Waals surface area (Å²) in [6.45, 7) is 4.06. The van der Waals surface area contributed by atoms with Gasteiger partial charge in [-0.2, -0.15) is 5.26 Å². The first-order valence-corrected chi connectivity index (χ1v) is 11.5. The first-order valence-electron chi connectivity index (χ1n) is 10.7. The van der Waals surface area contributed by atoms with Gasteiger partial charge < -0.3 is 14.4 Å². The van der Waals surface area contributed by atoms with E-state index in [2.05, 4.69) is 6.07 Å². The molecule has 0 radical (unpaired) electrons. The Balaban J connectivity index is 1.98. The molecule has 8 heteroatoms. The lowest BCUT2D eigenvalue weighted by Gasteiger charge is -2.26. The molecule has 4 rings (SSSR count). The Kier molecular flexibility index (Phi) is 7.03. The van der Waals surface area contributed by atoms with Gasteiger partial charge in [0, 0.05) is 18.7 Å². The fraction of sp³-hybridized carbons (Fsp3) is 0.240. The highest BCUT2D eigenvalue weighted by atomic mass is 32.1. The maximum atomic E-state index is 13.5. The van der Waals surface area contributed by atoms with Crippen LogP contribution in [0.15, 0.2) is 59.4 Å². The largest absolute Gasteiger partial charge is 0.493 e.